The van der Waals surface area contributed by atoms with Gasteiger partial charge in [0.2, 0.25) is 0 Å². The zero-order valence-electron chi connectivity index (χ0n) is 9.70. The maximum absolute atomic E-state index is 8.86. The van der Waals surface area contributed by atoms with Gasteiger partial charge in [-0.25, -0.2) is 0 Å². The number of aliphatic hydroxyl groups is 1. The second-order valence-electron chi connectivity index (χ2n) is 4.26. The minimum atomic E-state index is 0.261. The molecule has 0 bridgehead atoms. The summed E-state index contributed by atoms with van der Waals surface area (Å²) >= 11 is 1.95. The molecule has 2 rings (SSSR count). The van der Waals surface area contributed by atoms with Crippen LogP contribution in [0.5, 0.6) is 0 Å². The number of benzene rings is 1. The molecule has 1 nitrogen and oxygen atoms in total. The Kier molecular flexibility index (Phi) is 4.08. The summed E-state index contributed by atoms with van der Waals surface area (Å²) in [5, 5.41) is 8.86. The first kappa shape index (κ1) is 11.7. The summed E-state index contributed by atoms with van der Waals surface area (Å²) < 4.78 is 0. The molecule has 0 saturated heterocycles. The summed E-state index contributed by atoms with van der Waals surface area (Å²) in [4.78, 5) is 1.43. The van der Waals surface area contributed by atoms with Crippen molar-refractivity contribution >= 4 is 11.8 Å². The van der Waals surface area contributed by atoms with Crippen molar-refractivity contribution in [1.82, 2.24) is 0 Å². The van der Waals surface area contributed by atoms with Crippen molar-refractivity contribution in [3.8, 4) is 0 Å². The van der Waals surface area contributed by atoms with E-state index in [4.69, 9.17) is 5.11 Å². The van der Waals surface area contributed by atoms with Gasteiger partial charge >= 0.3 is 0 Å². The number of fused-ring (bicyclic) bond motifs is 1. The number of hydrogen-bond donors (Lipinski definition) is 1. The van der Waals surface area contributed by atoms with Crippen LogP contribution in [-0.4, -0.2) is 17.5 Å². The zero-order chi connectivity index (χ0) is 11.4. The molecule has 0 aromatic heterocycles. The van der Waals surface area contributed by atoms with Crippen molar-refractivity contribution in [3.63, 3.8) is 0 Å². The highest BCUT2D eigenvalue weighted by atomic mass is 32.2. The Morgan fingerprint density at radius 2 is 2.31 bits per heavy atom. The second kappa shape index (κ2) is 5.55. The van der Waals surface area contributed by atoms with E-state index in [2.05, 4.69) is 31.2 Å². The van der Waals surface area contributed by atoms with Crippen LogP contribution in [0.25, 0.3) is 0 Å². The van der Waals surface area contributed by atoms with E-state index in [0.29, 0.717) is 0 Å². The summed E-state index contributed by atoms with van der Waals surface area (Å²) in [7, 11) is 0. The number of hydrogen-bond acceptors (Lipinski definition) is 2. The van der Waals surface area contributed by atoms with Crippen LogP contribution in [0.4, 0.5) is 0 Å². The lowest BCUT2D eigenvalue weighted by Gasteiger charge is -2.06. The van der Waals surface area contributed by atoms with Gasteiger partial charge in [0, 0.05) is 17.3 Å². The molecule has 86 valence electrons. The van der Waals surface area contributed by atoms with Crippen molar-refractivity contribution < 1.29 is 5.11 Å². The Balaban J connectivity index is 2.22. The number of aryl methyl sites for hydroxylation is 1. The van der Waals surface area contributed by atoms with Crippen LogP contribution in [-0.2, 0) is 6.42 Å². The van der Waals surface area contributed by atoms with Crippen LogP contribution in [0.1, 0.15) is 24.0 Å². The fourth-order valence-corrected chi connectivity index (χ4v) is 3.12. The van der Waals surface area contributed by atoms with Gasteiger partial charge in [-0.1, -0.05) is 29.3 Å². The van der Waals surface area contributed by atoms with Crippen molar-refractivity contribution in [1.29, 1.82) is 0 Å². The fourth-order valence-electron chi connectivity index (χ4n) is 2.06. The van der Waals surface area contributed by atoms with Crippen LogP contribution in [0.2, 0.25) is 0 Å². The quantitative estimate of drug-likeness (QED) is 0.792. The van der Waals surface area contributed by atoms with Crippen molar-refractivity contribution in [3.05, 3.63) is 41.0 Å². The summed E-state index contributed by atoms with van der Waals surface area (Å²) in [5.74, 6) is 1.16. The van der Waals surface area contributed by atoms with Crippen LogP contribution in [0, 0.1) is 6.92 Å². The predicted molar refractivity (Wildman–Crippen MR) is 70.0 cm³/mol. The van der Waals surface area contributed by atoms with Gasteiger partial charge in [0.1, 0.15) is 0 Å². The largest absolute Gasteiger partial charge is 0.396 e. The van der Waals surface area contributed by atoms with Crippen LogP contribution in [0.15, 0.2) is 34.7 Å². The van der Waals surface area contributed by atoms with Gasteiger partial charge in [-0.2, -0.15) is 0 Å². The molecule has 1 N–H and O–H groups in total. The third-order valence-corrected chi connectivity index (χ3v) is 3.99. The molecule has 0 saturated carbocycles. The van der Waals surface area contributed by atoms with Crippen molar-refractivity contribution in [2.24, 2.45) is 0 Å². The molecule has 0 spiro atoms. The first-order valence-corrected chi connectivity index (χ1v) is 6.79. The number of thioether (sulfide) groups is 1. The lowest BCUT2D eigenvalue weighted by molar-refractivity contribution is 0.302. The van der Waals surface area contributed by atoms with Crippen molar-refractivity contribution in [2.75, 3.05) is 12.4 Å². The predicted octanol–water partition coefficient (Wildman–Crippen LogP) is 3.34. The van der Waals surface area contributed by atoms with Crippen LogP contribution < -0.4 is 0 Å². The van der Waals surface area contributed by atoms with Gasteiger partial charge in [0.15, 0.2) is 0 Å². The van der Waals surface area contributed by atoms with E-state index in [1.165, 1.54) is 21.6 Å². The van der Waals surface area contributed by atoms with Gasteiger partial charge < -0.3 is 5.11 Å². The third kappa shape index (κ3) is 2.89. The monoisotopic (exact) mass is 234 g/mol. The lowest BCUT2D eigenvalue weighted by Crippen LogP contribution is -1.92. The number of allylic oxidation sites excluding steroid dienone is 1. The molecule has 0 atom stereocenters. The molecular formula is C14H18OS. The molecule has 1 aliphatic heterocycles. The minimum absolute atomic E-state index is 0.261. The Morgan fingerprint density at radius 3 is 3.12 bits per heavy atom. The van der Waals surface area contributed by atoms with Gasteiger partial charge in [0.05, 0.1) is 0 Å². The molecule has 0 aliphatic carbocycles. The molecule has 0 fully saturated rings. The van der Waals surface area contributed by atoms with E-state index in [-0.39, 0.29) is 6.61 Å². The van der Waals surface area contributed by atoms with Crippen LogP contribution >= 0.6 is 11.8 Å². The molecular weight excluding hydrogens is 216 g/mol. The fraction of sp³-hybridized carbons (Fsp3) is 0.429. The van der Waals surface area contributed by atoms with E-state index in [1.807, 2.05) is 11.8 Å². The molecule has 0 unspecified atom stereocenters. The molecule has 0 radical (unpaired) electrons. The number of aliphatic hydroxyl groups excluding tert-OH is 1. The van der Waals surface area contributed by atoms with Gasteiger partial charge in [0.25, 0.3) is 0 Å². The zero-order valence-corrected chi connectivity index (χ0v) is 10.5. The number of rotatable bonds is 2. The van der Waals surface area contributed by atoms with Gasteiger partial charge in [-0.3, -0.25) is 0 Å². The highest BCUT2D eigenvalue weighted by molar-refractivity contribution is 7.99. The van der Waals surface area contributed by atoms with E-state index in [0.717, 1.165) is 25.0 Å². The maximum atomic E-state index is 8.86. The summed E-state index contributed by atoms with van der Waals surface area (Å²) in [6.45, 7) is 2.41. The van der Waals surface area contributed by atoms with Gasteiger partial charge in [-0.05, 0) is 37.8 Å². The average molecular weight is 234 g/mol. The summed E-state index contributed by atoms with van der Waals surface area (Å²) in [6.07, 6.45) is 5.21. The van der Waals surface area contributed by atoms with E-state index >= 15 is 0 Å². The lowest BCUT2D eigenvalue weighted by atomic mass is 10.0. The smallest absolute Gasteiger partial charge is 0.0465 e. The standard InChI is InChI=1S/C14H18OS/c1-11-4-5-14-13(9-11)10-12(3-2-7-15)6-8-16-14/h3-5,9,15H,2,6-8,10H2,1H3/b12-3+. The molecule has 0 amide bonds. The topological polar surface area (TPSA) is 20.2 Å². The Morgan fingerprint density at radius 1 is 1.44 bits per heavy atom. The summed E-state index contributed by atoms with van der Waals surface area (Å²) in [5.41, 5.74) is 4.26. The molecule has 1 heterocycles. The van der Waals surface area contributed by atoms with E-state index < -0.39 is 0 Å². The maximum Gasteiger partial charge on any atom is 0.0465 e. The Hall–Kier alpha value is -0.730. The van der Waals surface area contributed by atoms with Crippen molar-refractivity contribution in [2.45, 2.75) is 31.1 Å². The molecule has 1 aromatic rings. The van der Waals surface area contributed by atoms with E-state index in [1.54, 1.807) is 0 Å². The second-order valence-corrected chi connectivity index (χ2v) is 5.40. The minimum Gasteiger partial charge on any atom is -0.396 e. The first-order chi connectivity index (χ1) is 7.79. The Bertz CT molecular complexity index is 396. The molecule has 1 aliphatic rings. The molecule has 16 heavy (non-hydrogen) atoms. The van der Waals surface area contributed by atoms with E-state index in [9.17, 15) is 0 Å². The summed E-state index contributed by atoms with van der Waals surface area (Å²) in [6, 6.07) is 6.72. The first-order valence-electron chi connectivity index (χ1n) is 5.80. The highest BCUT2D eigenvalue weighted by Gasteiger charge is 2.11. The highest BCUT2D eigenvalue weighted by Crippen LogP contribution is 2.31. The van der Waals surface area contributed by atoms with Gasteiger partial charge in [-0.15, -0.1) is 11.8 Å². The SMILES string of the molecule is Cc1ccc2c(c1)C/C(=C/CCO)CCS2. The van der Waals surface area contributed by atoms with Crippen LogP contribution in [0.3, 0.4) is 0 Å². The Labute approximate surface area is 102 Å². The molecule has 1 aromatic carbocycles. The molecule has 2 heteroatoms. The third-order valence-electron chi connectivity index (χ3n) is 2.88. The normalized spacial score (nSPS) is 18.2. The average Bonchev–Trinajstić information content (AvgIpc) is 2.47.